The molecule has 3 rings (SSSR count). The molecule has 0 fully saturated rings. The maximum atomic E-state index is 12.5. The van der Waals surface area contributed by atoms with Crippen LogP contribution in [0.4, 0.5) is 5.13 Å². The molecule has 1 aromatic carbocycles. The highest BCUT2D eigenvalue weighted by Gasteiger charge is 2.18. The van der Waals surface area contributed by atoms with Crippen molar-refractivity contribution in [2.75, 3.05) is 14.1 Å². The van der Waals surface area contributed by atoms with Gasteiger partial charge in [-0.1, -0.05) is 34.5 Å². The van der Waals surface area contributed by atoms with E-state index in [9.17, 15) is 4.79 Å². The number of aromatic nitrogens is 1. The Hall–Kier alpha value is -2.15. The summed E-state index contributed by atoms with van der Waals surface area (Å²) in [6.07, 6.45) is 3.12. The highest BCUT2D eigenvalue weighted by molar-refractivity contribution is 7.17. The standard InChI is InChI=1S/C17H13Cl2N3O2S/c1-22(2)9-21-17-20-8-15(25-17)16(23)14-6-5-13(24-14)11-4-3-10(18)7-12(11)19/h3-9H,1-2H3/b21-9+. The van der Waals surface area contributed by atoms with Crippen LogP contribution in [0.15, 0.2) is 45.9 Å². The number of thiazole rings is 1. The van der Waals surface area contributed by atoms with Crippen LogP contribution in [-0.2, 0) is 0 Å². The molecule has 0 radical (unpaired) electrons. The molecule has 0 aliphatic rings. The van der Waals surface area contributed by atoms with Crippen molar-refractivity contribution in [2.45, 2.75) is 0 Å². The van der Waals surface area contributed by atoms with E-state index in [1.54, 1.807) is 41.6 Å². The van der Waals surface area contributed by atoms with Crippen LogP contribution in [0.2, 0.25) is 10.0 Å². The minimum atomic E-state index is -0.250. The first kappa shape index (κ1) is 17.7. The summed E-state index contributed by atoms with van der Waals surface area (Å²) in [5, 5.41) is 1.50. The highest BCUT2D eigenvalue weighted by Crippen LogP contribution is 2.32. The van der Waals surface area contributed by atoms with Gasteiger partial charge in [-0.25, -0.2) is 9.98 Å². The molecule has 0 saturated heterocycles. The van der Waals surface area contributed by atoms with E-state index in [-0.39, 0.29) is 11.5 Å². The van der Waals surface area contributed by atoms with Crippen LogP contribution < -0.4 is 0 Å². The molecule has 0 unspecified atom stereocenters. The lowest BCUT2D eigenvalue weighted by atomic mass is 10.2. The van der Waals surface area contributed by atoms with Gasteiger partial charge >= 0.3 is 0 Å². The van der Waals surface area contributed by atoms with Crippen LogP contribution in [-0.4, -0.2) is 36.1 Å². The number of rotatable bonds is 5. The smallest absolute Gasteiger partial charge is 0.239 e. The van der Waals surface area contributed by atoms with E-state index < -0.39 is 0 Å². The summed E-state index contributed by atoms with van der Waals surface area (Å²) >= 11 is 13.3. The van der Waals surface area contributed by atoms with Crippen LogP contribution in [0.25, 0.3) is 11.3 Å². The van der Waals surface area contributed by atoms with Crippen LogP contribution in [0.1, 0.15) is 15.4 Å². The average molecular weight is 394 g/mol. The lowest BCUT2D eigenvalue weighted by molar-refractivity contribution is 0.101. The van der Waals surface area contributed by atoms with Crippen LogP contribution in [0.5, 0.6) is 0 Å². The van der Waals surface area contributed by atoms with Crippen LogP contribution >= 0.6 is 34.5 Å². The van der Waals surface area contributed by atoms with E-state index in [0.29, 0.717) is 31.4 Å². The second-order valence-electron chi connectivity index (χ2n) is 5.33. The number of furan rings is 1. The number of carbonyl (C=O) groups excluding carboxylic acids is 1. The molecular weight excluding hydrogens is 381 g/mol. The Morgan fingerprint density at radius 1 is 1.28 bits per heavy atom. The summed E-state index contributed by atoms with van der Waals surface area (Å²) in [4.78, 5) is 23.1. The van der Waals surface area contributed by atoms with Crippen molar-refractivity contribution in [1.29, 1.82) is 0 Å². The number of ketones is 1. The van der Waals surface area contributed by atoms with E-state index in [0.717, 1.165) is 0 Å². The molecule has 0 amide bonds. The summed E-state index contributed by atoms with van der Waals surface area (Å²) in [5.41, 5.74) is 0.672. The summed E-state index contributed by atoms with van der Waals surface area (Å²) in [6.45, 7) is 0. The zero-order chi connectivity index (χ0) is 18.0. The second-order valence-corrected chi connectivity index (χ2v) is 7.19. The van der Waals surface area contributed by atoms with Gasteiger partial charge in [0.05, 0.1) is 17.6 Å². The molecule has 0 saturated carbocycles. The topological polar surface area (TPSA) is 58.7 Å². The minimum Gasteiger partial charge on any atom is -0.453 e. The Kier molecular flexibility index (Phi) is 5.22. The molecule has 5 nitrogen and oxygen atoms in total. The molecule has 3 aromatic rings. The largest absolute Gasteiger partial charge is 0.453 e. The van der Waals surface area contributed by atoms with Gasteiger partial charge in [-0.2, -0.15) is 0 Å². The Balaban J connectivity index is 1.83. The number of aliphatic imine (C=N–C) groups is 1. The molecule has 25 heavy (non-hydrogen) atoms. The van der Waals surface area contributed by atoms with Crippen molar-refractivity contribution in [3.05, 3.63) is 57.2 Å². The summed E-state index contributed by atoms with van der Waals surface area (Å²) < 4.78 is 5.67. The first-order chi connectivity index (χ1) is 11.9. The first-order valence-corrected chi connectivity index (χ1v) is 8.77. The quantitative estimate of drug-likeness (QED) is 0.341. The Bertz CT molecular complexity index is 947. The lowest BCUT2D eigenvalue weighted by Gasteiger charge is -2.01. The number of halogens is 2. The normalized spacial score (nSPS) is 11.2. The van der Waals surface area contributed by atoms with Gasteiger partial charge in [0.1, 0.15) is 10.6 Å². The third kappa shape index (κ3) is 4.10. The summed E-state index contributed by atoms with van der Waals surface area (Å²) in [6, 6.07) is 8.41. The fourth-order valence-electron chi connectivity index (χ4n) is 2.01. The van der Waals surface area contributed by atoms with Gasteiger partial charge in [0.2, 0.25) is 10.9 Å². The van der Waals surface area contributed by atoms with Gasteiger partial charge in [0.15, 0.2) is 5.76 Å². The fourth-order valence-corrected chi connectivity index (χ4v) is 3.21. The van der Waals surface area contributed by atoms with Crippen molar-refractivity contribution in [2.24, 2.45) is 4.99 Å². The average Bonchev–Trinajstić information content (AvgIpc) is 3.22. The molecule has 0 aliphatic carbocycles. The van der Waals surface area contributed by atoms with E-state index >= 15 is 0 Å². The summed E-state index contributed by atoms with van der Waals surface area (Å²) in [5.74, 6) is 0.466. The van der Waals surface area contributed by atoms with E-state index in [1.165, 1.54) is 17.5 Å². The first-order valence-electron chi connectivity index (χ1n) is 7.20. The maximum Gasteiger partial charge on any atom is 0.239 e. The zero-order valence-corrected chi connectivity index (χ0v) is 15.7. The number of nitrogens with zero attached hydrogens (tertiary/aromatic N) is 3. The van der Waals surface area contributed by atoms with Gasteiger partial charge < -0.3 is 9.32 Å². The number of carbonyl (C=O) groups is 1. The molecular formula is C17H13Cl2N3O2S. The zero-order valence-electron chi connectivity index (χ0n) is 13.4. The van der Waals surface area contributed by atoms with E-state index in [4.69, 9.17) is 27.6 Å². The molecule has 0 bridgehead atoms. The van der Waals surface area contributed by atoms with E-state index in [2.05, 4.69) is 9.98 Å². The third-order valence-corrected chi connectivity index (χ3v) is 4.59. The molecule has 128 valence electrons. The molecule has 0 aliphatic heterocycles. The van der Waals surface area contributed by atoms with Crippen LogP contribution in [0, 0.1) is 0 Å². The molecule has 0 atom stereocenters. The lowest BCUT2D eigenvalue weighted by Crippen LogP contribution is -2.06. The third-order valence-electron chi connectivity index (χ3n) is 3.14. The predicted octanol–water partition coefficient (Wildman–Crippen LogP) is 5.16. The number of hydrogen-bond acceptors (Lipinski definition) is 5. The van der Waals surface area contributed by atoms with Crippen molar-refractivity contribution >= 4 is 51.8 Å². The molecule has 8 heteroatoms. The van der Waals surface area contributed by atoms with Gasteiger partial charge in [-0.3, -0.25) is 4.79 Å². The van der Waals surface area contributed by atoms with Crippen molar-refractivity contribution in [1.82, 2.24) is 9.88 Å². The van der Waals surface area contributed by atoms with Gasteiger partial charge in [-0.15, -0.1) is 0 Å². The predicted molar refractivity (Wildman–Crippen MR) is 102 cm³/mol. The van der Waals surface area contributed by atoms with Gasteiger partial charge in [0.25, 0.3) is 0 Å². The Labute approximate surface area is 158 Å². The van der Waals surface area contributed by atoms with Crippen molar-refractivity contribution in [3.63, 3.8) is 0 Å². The molecule has 2 aromatic heterocycles. The second kappa shape index (κ2) is 7.39. The number of benzene rings is 1. The van der Waals surface area contributed by atoms with E-state index in [1.807, 2.05) is 14.1 Å². The fraction of sp³-hybridized carbons (Fsp3) is 0.118. The number of hydrogen-bond donors (Lipinski definition) is 0. The maximum absolute atomic E-state index is 12.5. The summed E-state index contributed by atoms with van der Waals surface area (Å²) in [7, 11) is 3.71. The van der Waals surface area contributed by atoms with Crippen LogP contribution in [0.3, 0.4) is 0 Å². The molecule has 0 spiro atoms. The highest BCUT2D eigenvalue weighted by atomic mass is 35.5. The SMILES string of the molecule is CN(C)/C=N/c1ncc(C(=O)c2ccc(-c3ccc(Cl)cc3Cl)o2)s1. The molecule has 2 heterocycles. The Morgan fingerprint density at radius 2 is 2.08 bits per heavy atom. The Morgan fingerprint density at radius 3 is 2.80 bits per heavy atom. The van der Waals surface area contributed by atoms with Gasteiger partial charge in [-0.05, 0) is 30.3 Å². The van der Waals surface area contributed by atoms with Crippen molar-refractivity contribution < 1.29 is 9.21 Å². The monoisotopic (exact) mass is 393 g/mol. The minimum absolute atomic E-state index is 0.216. The van der Waals surface area contributed by atoms with Gasteiger partial charge in [0, 0.05) is 24.7 Å². The molecule has 0 N–H and O–H groups in total. The van der Waals surface area contributed by atoms with Crippen molar-refractivity contribution in [3.8, 4) is 11.3 Å².